The van der Waals surface area contributed by atoms with Crippen molar-refractivity contribution in [2.45, 2.75) is 13.3 Å². The highest BCUT2D eigenvalue weighted by Gasteiger charge is 2.19. The Hall–Kier alpha value is -2.13. The molecule has 1 aliphatic carbocycles. The first kappa shape index (κ1) is 11.7. The lowest BCUT2D eigenvalue weighted by atomic mass is 10.0. The Balaban J connectivity index is 1.90. The van der Waals surface area contributed by atoms with Gasteiger partial charge in [-0.1, -0.05) is 36.4 Å². The number of nitrogen functional groups attached to an aromatic ring is 1. The molecule has 0 spiro atoms. The number of hydrogen-bond donors (Lipinski definition) is 1. The minimum atomic E-state index is 0.637. The zero-order valence-electron chi connectivity index (χ0n) is 11.2. The molecule has 0 aliphatic heterocycles. The molecule has 1 aliphatic rings. The van der Waals surface area contributed by atoms with Crippen molar-refractivity contribution in [2.24, 2.45) is 0 Å². The van der Waals surface area contributed by atoms with Crippen LogP contribution in [0, 0.1) is 6.92 Å². The van der Waals surface area contributed by atoms with Crippen LogP contribution in [0.25, 0.3) is 22.4 Å². The van der Waals surface area contributed by atoms with Crippen LogP contribution in [0.1, 0.15) is 16.0 Å². The highest BCUT2D eigenvalue weighted by Crippen LogP contribution is 2.39. The topological polar surface area (TPSA) is 38.9 Å². The number of nitrogens with two attached hydrogens (primary N) is 1. The smallest absolute Gasteiger partial charge is 0.180 e. The summed E-state index contributed by atoms with van der Waals surface area (Å²) in [4.78, 5) is 5.63. The highest BCUT2D eigenvalue weighted by atomic mass is 32.1. The van der Waals surface area contributed by atoms with Crippen molar-refractivity contribution >= 4 is 16.5 Å². The molecule has 1 heterocycles. The maximum absolute atomic E-state index is 5.81. The molecular formula is C17H14N2S. The van der Waals surface area contributed by atoms with Gasteiger partial charge in [0.25, 0.3) is 0 Å². The van der Waals surface area contributed by atoms with Crippen LogP contribution in [0.4, 0.5) is 5.13 Å². The monoisotopic (exact) mass is 278 g/mol. The molecule has 0 amide bonds. The predicted molar refractivity (Wildman–Crippen MR) is 84.9 cm³/mol. The Bertz CT molecular complexity index is 818. The third kappa shape index (κ3) is 1.67. The predicted octanol–water partition coefficient (Wildman–Crippen LogP) is 4.27. The number of aromatic nitrogens is 1. The molecule has 3 aromatic rings. The largest absolute Gasteiger partial charge is 0.375 e. The molecule has 0 fully saturated rings. The second-order valence-electron chi connectivity index (χ2n) is 5.16. The van der Waals surface area contributed by atoms with E-state index in [1.54, 1.807) is 11.3 Å². The summed E-state index contributed by atoms with van der Waals surface area (Å²) in [5.41, 5.74) is 13.5. The summed E-state index contributed by atoms with van der Waals surface area (Å²) in [7, 11) is 0. The number of thiazole rings is 1. The van der Waals surface area contributed by atoms with E-state index in [4.69, 9.17) is 5.73 Å². The number of rotatable bonds is 1. The van der Waals surface area contributed by atoms with Gasteiger partial charge < -0.3 is 5.73 Å². The third-order valence-corrected chi connectivity index (χ3v) is 4.68. The molecule has 0 atom stereocenters. The summed E-state index contributed by atoms with van der Waals surface area (Å²) in [6.07, 6.45) is 1.03. The van der Waals surface area contributed by atoms with E-state index in [2.05, 4.69) is 54.4 Å². The average Bonchev–Trinajstić information content (AvgIpc) is 2.98. The molecule has 98 valence electrons. The van der Waals surface area contributed by atoms with Gasteiger partial charge in [0.15, 0.2) is 5.13 Å². The molecule has 3 heteroatoms. The Morgan fingerprint density at radius 1 is 1.05 bits per heavy atom. The van der Waals surface area contributed by atoms with Gasteiger partial charge in [-0.2, -0.15) is 0 Å². The van der Waals surface area contributed by atoms with E-state index in [1.807, 2.05) is 0 Å². The molecule has 2 aromatic carbocycles. The molecular weight excluding hydrogens is 264 g/mol. The fraction of sp³-hybridized carbons (Fsp3) is 0.118. The van der Waals surface area contributed by atoms with Crippen molar-refractivity contribution in [1.82, 2.24) is 4.98 Å². The van der Waals surface area contributed by atoms with Crippen molar-refractivity contribution in [3.8, 4) is 22.4 Å². The summed E-state index contributed by atoms with van der Waals surface area (Å²) in [6, 6.07) is 15.3. The Morgan fingerprint density at radius 3 is 2.65 bits per heavy atom. The molecule has 0 unspecified atom stereocenters. The first-order valence-electron chi connectivity index (χ1n) is 6.67. The molecule has 0 saturated heterocycles. The number of anilines is 1. The quantitative estimate of drug-likeness (QED) is 0.564. The molecule has 2 N–H and O–H groups in total. The highest BCUT2D eigenvalue weighted by molar-refractivity contribution is 7.15. The Morgan fingerprint density at radius 2 is 1.85 bits per heavy atom. The summed E-state index contributed by atoms with van der Waals surface area (Å²) in [5, 5.41) is 0.637. The Kier molecular flexibility index (Phi) is 2.44. The molecule has 0 bridgehead atoms. The number of fused-ring (bicyclic) bond motifs is 3. The van der Waals surface area contributed by atoms with Crippen LogP contribution in [0.3, 0.4) is 0 Å². The van der Waals surface area contributed by atoms with Crippen LogP contribution in [0.2, 0.25) is 0 Å². The van der Waals surface area contributed by atoms with Crippen LogP contribution >= 0.6 is 11.3 Å². The van der Waals surface area contributed by atoms with Gasteiger partial charge in [0.1, 0.15) is 0 Å². The van der Waals surface area contributed by atoms with E-state index in [0.29, 0.717) is 5.13 Å². The number of hydrogen-bond acceptors (Lipinski definition) is 3. The van der Waals surface area contributed by atoms with Crippen LogP contribution in [0.5, 0.6) is 0 Å². The van der Waals surface area contributed by atoms with Crippen molar-refractivity contribution in [1.29, 1.82) is 0 Å². The fourth-order valence-corrected chi connectivity index (χ4v) is 3.67. The van der Waals surface area contributed by atoms with E-state index in [-0.39, 0.29) is 0 Å². The summed E-state index contributed by atoms with van der Waals surface area (Å²) < 4.78 is 0. The minimum Gasteiger partial charge on any atom is -0.375 e. The van der Waals surface area contributed by atoms with Crippen molar-refractivity contribution < 1.29 is 0 Å². The molecule has 0 radical (unpaired) electrons. The van der Waals surface area contributed by atoms with E-state index < -0.39 is 0 Å². The third-order valence-electron chi connectivity index (χ3n) is 3.88. The zero-order valence-corrected chi connectivity index (χ0v) is 12.0. The van der Waals surface area contributed by atoms with Crippen LogP contribution < -0.4 is 5.73 Å². The first-order valence-corrected chi connectivity index (χ1v) is 7.48. The lowest BCUT2D eigenvalue weighted by Crippen LogP contribution is -1.86. The number of benzene rings is 2. The van der Waals surface area contributed by atoms with Gasteiger partial charge in [0.05, 0.1) is 5.69 Å². The second-order valence-corrected chi connectivity index (χ2v) is 6.40. The molecule has 4 rings (SSSR count). The van der Waals surface area contributed by atoms with Gasteiger partial charge in [-0.3, -0.25) is 0 Å². The van der Waals surface area contributed by atoms with Gasteiger partial charge in [-0.05, 0) is 41.7 Å². The maximum Gasteiger partial charge on any atom is 0.180 e. The van der Waals surface area contributed by atoms with E-state index in [1.165, 1.54) is 27.1 Å². The SMILES string of the molecule is Cc1sc(N)nc1-c1ccc2c(c1)-c1ccccc1C2. The van der Waals surface area contributed by atoms with Crippen molar-refractivity contribution in [3.63, 3.8) is 0 Å². The van der Waals surface area contributed by atoms with Crippen molar-refractivity contribution in [3.05, 3.63) is 58.5 Å². The molecule has 20 heavy (non-hydrogen) atoms. The van der Waals surface area contributed by atoms with E-state index >= 15 is 0 Å². The zero-order chi connectivity index (χ0) is 13.7. The lowest BCUT2D eigenvalue weighted by molar-refractivity contribution is 1.26. The Labute approximate surface area is 121 Å². The summed E-state index contributed by atoms with van der Waals surface area (Å²) >= 11 is 1.55. The lowest BCUT2D eigenvalue weighted by Gasteiger charge is -2.04. The standard InChI is InChI=1S/C17H14N2S/c1-10-16(19-17(18)20-10)13-7-6-12-8-11-4-2-3-5-14(11)15(12)9-13/h2-7,9H,8H2,1H3,(H2,18,19). The number of nitrogens with zero attached hydrogens (tertiary/aromatic N) is 1. The molecule has 2 nitrogen and oxygen atoms in total. The summed E-state index contributed by atoms with van der Waals surface area (Å²) in [5.74, 6) is 0. The van der Waals surface area contributed by atoms with Gasteiger partial charge in [-0.25, -0.2) is 4.98 Å². The maximum atomic E-state index is 5.81. The van der Waals surface area contributed by atoms with Gasteiger partial charge in [0, 0.05) is 10.4 Å². The number of aryl methyl sites for hydroxylation is 1. The second kappa shape index (κ2) is 4.18. The van der Waals surface area contributed by atoms with E-state index in [0.717, 1.165) is 17.7 Å². The summed E-state index contributed by atoms with van der Waals surface area (Å²) in [6.45, 7) is 2.07. The van der Waals surface area contributed by atoms with Crippen LogP contribution in [-0.2, 0) is 6.42 Å². The van der Waals surface area contributed by atoms with Gasteiger partial charge >= 0.3 is 0 Å². The fourth-order valence-electron chi connectivity index (χ4n) is 2.96. The molecule has 1 aromatic heterocycles. The average molecular weight is 278 g/mol. The van der Waals surface area contributed by atoms with Crippen LogP contribution in [0.15, 0.2) is 42.5 Å². The normalized spacial score (nSPS) is 12.2. The minimum absolute atomic E-state index is 0.637. The van der Waals surface area contributed by atoms with Gasteiger partial charge in [0.2, 0.25) is 0 Å². The van der Waals surface area contributed by atoms with Crippen LogP contribution in [-0.4, -0.2) is 4.98 Å². The molecule has 0 saturated carbocycles. The van der Waals surface area contributed by atoms with Gasteiger partial charge in [-0.15, -0.1) is 11.3 Å². The van der Waals surface area contributed by atoms with E-state index in [9.17, 15) is 0 Å². The first-order chi connectivity index (χ1) is 9.72. The van der Waals surface area contributed by atoms with Crippen molar-refractivity contribution in [2.75, 3.05) is 5.73 Å².